The zero-order valence-corrected chi connectivity index (χ0v) is 13.2. The van der Waals surface area contributed by atoms with Crippen LogP contribution < -0.4 is 5.32 Å². The van der Waals surface area contributed by atoms with Crippen LogP contribution in [-0.4, -0.2) is 40.9 Å². The van der Waals surface area contributed by atoms with Crippen LogP contribution in [0.1, 0.15) is 25.5 Å². The van der Waals surface area contributed by atoms with Gasteiger partial charge in [-0.15, -0.1) is 0 Å². The predicted molar refractivity (Wildman–Crippen MR) is 87.3 cm³/mol. The van der Waals surface area contributed by atoms with Gasteiger partial charge >= 0.3 is 0 Å². The van der Waals surface area contributed by atoms with E-state index >= 15 is 0 Å². The number of piperidine rings is 1. The molecule has 1 aliphatic heterocycles. The smallest absolute Gasteiger partial charge is 0.0843 e. The molecule has 2 aromatic rings. The van der Waals surface area contributed by atoms with Crippen molar-refractivity contribution in [2.24, 2.45) is 13.0 Å². The quantitative estimate of drug-likeness (QED) is 0.916. The van der Waals surface area contributed by atoms with Crippen LogP contribution in [-0.2, 0) is 13.6 Å². The van der Waals surface area contributed by atoms with Gasteiger partial charge in [-0.05, 0) is 44.5 Å². The van der Waals surface area contributed by atoms with Crippen LogP contribution in [0, 0.1) is 5.92 Å². The highest BCUT2D eigenvalue weighted by Gasteiger charge is 2.18. The average Bonchev–Trinajstić information content (AvgIpc) is 2.84. The molecule has 21 heavy (non-hydrogen) atoms. The first kappa shape index (κ1) is 14.5. The molecule has 1 N–H and O–H groups in total. The monoisotopic (exact) mass is 286 g/mol. The lowest BCUT2D eigenvalue weighted by Crippen LogP contribution is -2.36. The topological polar surface area (TPSA) is 33.1 Å². The third kappa shape index (κ3) is 3.27. The molecule has 1 fully saturated rings. The fraction of sp³-hybridized carbons (Fsp3) is 0.588. The molecule has 1 saturated heterocycles. The van der Waals surface area contributed by atoms with E-state index in [9.17, 15) is 0 Å². The molecule has 3 rings (SSSR count). The van der Waals surface area contributed by atoms with Gasteiger partial charge in [-0.3, -0.25) is 9.58 Å². The highest BCUT2D eigenvalue weighted by molar-refractivity contribution is 5.81. The molecule has 0 atom stereocenters. The second-order valence-corrected chi connectivity index (χ2v) is 6.11. The number of hydrogen-bond donors (Lipinski definition) is 1. The summed E-state index contributed by atoms with van der Waals surface area (Å²) in [6, 6.07) is 8.53. The maximum absolute atomic E-state index is 4.73. The summed E-state index contributed by atoms with van der Waals surface area (Å²) in [7, 11) is 2.04. The van der Waals surface area contributed by atoms with E-state index in [1.807, 2.05) is 11.7 Å². The molecular formula is C17H26N4. The Hall–Kier alpha value is -1.39. The molecule has 0 saturated carbocycles. The molecule has 4 heteroatoms. The minimum atomic E-state index is 0.834. The van der Waals surface area contributed by atoms with Crippen molar-refractivity contribution in [2.45, 2.75) is 26.3 Å². The molecule has 0 bridgehead atoms. The van der Waals surface area contributed by atoms with E-state index in [4.69, 9.17) is 5.10 Å². The second-order valence-electron chi connectivity index (χ2n) is 6.11. The molecule has 1 aliphatic rings. The van der Waals surface area contributed by atoms with Crippen LogP contribution in [0.25, 0.3) is 10.9 Å². The lowest BCUT2D eigenvalue weighted by molar-refractivity contribution is 0.205. The Morgan fingerprint density at radius 1 is 1.29 bits per heavy atom. The average molecular weight is 286 g/mol. The second kappa shape index (κ2) is 6.58. The third-order valence-electron chi connectivity index (χ3n) is 4.63. The van der Waals surface area contributed by atoms with Gasteiger partial charge in [0, 0.05) is 25.5 Å². The van der Waals surface area contributed by atoms with Gasteiger partial charge in [0.05, 0.1) is 11.2 Å². The van der Waals surface area contributed by atoms with Gasteiger partial charge in [-0.1, -0.05) is 25.1 Å². The van der Waals surface area contributed by atoms with E-state index in [0.29, 0.717) is 0 Å². The van der Waals surface area contributed by atoms with Gasteiger partial charge in [0.15, 0.2) is 0 Å². The van der Waals surface area contributed by atoms with Crippen molar-refractivity contribution >= 4 is 10.9 Å². The zero-order valence-electron chi connectivity index (χ0n) is 13.2. The first-order valence-corrected chi connectivity index (χ1v) is 8.11. The molecule has 2 heterocycles. The van der Waals surface area contributed by atoms with Gasteiger partial charge in [0.1, 0.15) is 0 Å². The Balaban J connectivity index is 1.73. The first-order chi connectivity index (χ1) is 10.3. The normalized spacial score (nSPS) is 16.9. The van der Waals surface area contributed by atoms with Gasteiger partial charge in [0.2, 0.25) is 0 Å². The van der Waals surface area contributed by atoms with Gasteiger partial charge in [0.25, 0.3) is 0 Å². The van der Waals surface area contributed by atoms with E-state index in [1.165, 1.54) is 49.1 Å². The van der Waals surface area contributed by atoms with E-state index in [0.717, 1.165) is 19.0 Å². The van der Waals surface area contributed by atoms with Crippen LogP contribution in [0.2, 0.25) is 0 Å². The summed E-state index contributed by atoms with van der Waals surface area (Å²) < 4.78 is 2.00. The molecule has 4 nitrogen and oxygen atoms in total. The number of hydrogen-bond acceptors (Lipinski definition) is 3. The number of fused-ring (bicyclic) bond motifs is 1. The lowest BCUT2D eigenvalue weighted by atomic mass is 9.97. The Morgan fingerprint density at radius 2 is 2.05 bits per heavy atom. The molecule has 0 unspecified atom stereocenters. The number of para-hydroxylation sites is 1. The number of benzene rings is 1. The molecule has 0 spiro atoms. The summed E-state index contributed by atoms with van der Waals surface area (Å²) in [5, 5.41) is 9.48. The molecule has 1 aromatic heterocycles. The van der Waals surface area contributed by atoms with Crippen molar-refractivity contribution in [2.75, 3.05) is 26.2 Å². The van der Waals surface area contributed by atoms with E-state index < -0.39 is 0 Å². The van der Waals surface area contributed by atoms with Crippen LogP contribution in [0.15, 0.2) is 24.3 Å². The van der Waals surface area contributed by atoms with Crippen molar-refractivity contribution in [3.63, 3.8) is 0 Å². The number of nitrogens with zero attached hydrogens (tertiary/aromatic N) is 3. The van der Waals surface area contributed by atoms with E-state index in [1.54, 1.807) is 0 Å². The number of aryl methyl sites for hydroxylation is 1. The molecule has 0 aliphatic carbocycles. The van der Waals surface area contributed by atoms with Crippen LogP contribution in [0.4, 0.5) is 0 Å². The van der Waals surface area contributed by atoms with Crippen molar-refractivity contribution in [1.82, 2.24) is 20.0 Å². The number of nitrogens with one attached hydrogen (secondary N) is 1. The maximum Gasteiger partial charge on any atom is 0.0843 e. The Kier molecular flexibility index (Phi) is 4.56. The zero-order chi connectivity index (χ0) is 14.7. The fourth-order valence-corrected chi connectivity index (χ4v) is 3.35. The standard InChI is InChI=1S/C17H26N4/c1-3-21(12-14-8-10-18-11-9-14)13-16-15-6-4-5-7-17(15)20(2)19-16/h4-7,14,18H,3,8-13H2,1-2H3. The summed E-state index contributed by atoms with van der Waals surface area (Å²) in [4.78, 5) is 2.55. The molecule has 0 radical (unpaired) electrons. The fourth-order valence-electron chi connectivity index (χ4n) is 3.35. The summed E-state index contributed by atoms with van der Waals surface area (Å²) >= 11 is 0. The number of rotatable bonds is 5. The maximum atomic E-state index is 4.73. The van der Waals surface area contributed by atoms with Crippen molar-refractivity contribution < 1.29 is 0 Å². The Labute approximate surface area is 127 Å². The van der Waals surface area contributed by atoms with Crippen LogP contribution in [0.5, 0.6) is 0 Å². The molecular weight excluding hydrogens is 260 g/mol. The highest BCUT2D eigenvalue weighted by Crippen LogP contribution is 2.20. The minimum Gasteiger partial charge on any atom is -0.317 e. The van der Waals surface area contributed by atoms with Gasteiger partial charge in [-0.25, -0.2) is 0 Å². The van der Waals surface area contributed by atoms with E-state index in [-0.39, 0.29) is 0 Å². The largest absolute Gasteiger partial charge is 0.317 e. The SMILES string of the molecule is CCN(Cc1nn(C)c2ccccc12)CC1CCNCC1. The summed E-state index contributed by atoms with van der Waals surface area (Å²) in [5.41, 5.74) is 2.44. The summed E-state index contributed by atoms with van der Waals surface area (Å²) in [6.45, 7) is 7.86. The summed E-state index contributed by atoms with van der Waals surface area (Å²) in [6.07, 6.45) is 2.61. The number of aromatic nitrogens is 2. The van der Waals surface area contributed by atoms with Gasteiger partial charge in [-0.2, -0.15) is 5.10 Å². The Bertz CT molecular complexity index is 583. The molecule has 1 aromatic carbocycles. The minimum absolute atomic E-state index is 0.834. The lowest BCUT2D eigenvalue weighted by Gasteiger charge is -2.28. The third-order valence-corrected chi connectivity index (χ3v) is 4.63. The Morgan fingerprint density at radius 3 is 2.81 bits per heavy atom. The molecule has 114 valence electrons. The van der Waals surface area contributed by atoms with E-state index in [2.05, 4.69) is 41.4 Å². The van der Waals surface area contributed by atoms with Crippen LogP contribution in [0.3, 0.4) is 0 Å². The molecule has 0 amide bonds. The first-order valence-electron chi connectivity index (χ1n) is 8.11. The van der Waals surface area contributed by atoms with Crippen molar-refractivity contribution in [1.29, 1.82) is 0 Å². The summed E-state index contributed by atoms with van der Waals surface area (Å²) in [5.74, 6) is 0.834. The van der Waals surface area contributed by atoms with Crippen molar-refractivity contribution in [3.05, 3.63) is 30.0 Å². The highest BCUT2D eigenvalue weighted by atomic mass is 15.3. The van der Waals surface area contributed by atoms with Gasteiger partial charge < -0.3 is 5.32 Å². The van der Waals surface area contributed by atoms with Crippen molar-refractivity contribution in [3.8, 4) is 0 Å². The predicted octanol–water partition coefficient (Wildman–Crippen LogP) is 2.39. The van der Waals surface area contributed by atoms with Crippen LogP contribution >= 0.6 is 0 Å².